The fourth-order valence-corrected chi connectivity index (χ4v) is 2.24. The highest BCUT2D eigenvalue weighted by Crippen LogP contribution is 2.39. The Bertz CT molecular complexity index is 461. The number of morpholine rings is 1. The Morgan fingerprint density at radius 1 is 1.44 bits per heavy atom. The Balaban J connectivity index is 2.42. The van der Waals surface area contributed by atoms with Gasteiger partial charge in [0.05, 0.1) is 42.0 Å². The summed E-state index contributed by atoms with van der Waals surface area (Å²) in [6.45, 7) is 2.59. The number of halogens is 1. The van der Waals surface area contributed by atoms with Crippen molar-refractivity contribution in [3.05, 3.63) is 27.3 Å². The fraction of sp³-hybridized carbons (Fsp3) is 0.455. The molecule has 98 valence electrons. The first-order valence-corrected chi connectivity index (χ1v) is 5.86. The lowest BCUT2D eigenvalue weighted by molar-refractivity contribution is -0.384. The van der Waals surface area contributed by atoms with Gasteiger partial charge < -0.3 is 14.4 Å². The van der Waals surface area contributed by atoms with Gasteiger partial charge in [0.2, 0.25) is 0 Å². The Kier molecular flexibility index (Phi) is 3.88. The first-order valence-electron chi connectivity index (χ1n) is 5.48. The lowest BCUT2D eigenvalue weighted by Crippen LogP contribution is -2.36. The van der Waals surface area contributed by atoms with E-state index in [4.69, 9.17) is 21.1 Å². The second-order valence-corrected chi connectivity index (χ2v) is 4.24. The van der Waals surface area contributed by atoms with Gasteiger partial charge in [0, 0.05) is 19.2 Å². The minimum atomic E-state index is -0.489. The molecule has 1 heterocycles. The summed E-state index contributed by atoms with van der Waals surface area (Å²) in [6.07, 6.45) is 0. The topological polar surface area (TPSA) is 64.8 Å². The number of benzene rings is 1. The van der Waals surface area contributed by atoms with Crippen molar-refractivity contribution in [3.63, 3.8) is 0 Å². The van der Waals surface area contributed by atoms with Gasteiger partial charge in [-0.2, -0.15) is 0 Å². The molecule has 18 heavy (non-hydrogen) atoms. The van der Waals surface area contributed by atoms with Crippen molar-refractivity contribution in [2.24, 2.45) is 0 Å². The number of hydrogen-bond donors (Lipinski definition) is 0. The summed E-state index contributed by atoms with van der Waals surface area (Å²) < 4.78 is 10.5. The fourth-order valence-electron chi connectivity index (χ4n) is 1.92. The molecule has 1 aliphatic rings. The Hall–Kier alpha value is -1.53. The number of nitro groups is 1. The van der Waals surface area contributed by atoms with Gasteiger partial charge in [0.25, 0.3) is 5.69 Å². The van der Waals surface area contributed by atoms with Gasteiger partial charge in [-0.3, -0.25) is 10.1 Å². The molecule has 1 aromatic rings. The van der Waals surface area contributed by atoms with Crippen molar-refractivity contribution in [1.29, 1.82) is 0 Å². The third-order valence-electron chi connectivity index (χ3n) is 2.77. The largest absolute Gasteiger partial charge is 0.494 e. The van der Waals surface area contributed by atoms with Crippen LogP contribution < -0.4 is 9.64 Å². The number of hydrogen-bond acceptors (Lipinski definition) is 5. The van der Waals surface area contributed by atoms with Crippen molar-refractivity contribution in [3.8, 4) is 5.75 Å². The van der Waals surface area contributed by atoms with E-state index in [0.717, 1.165) is 0 Å². The van der Waals surface area contributed by atoms with Crippen molar-refractivity contribution in [2.75, 3.05) is 38.3 Å². The molecule has 1 fully saturated rings. The molecule has 1 aromatic carbocycles. The normalized spacial score (nSPS) is 15.6. The first kappa shape index (κ1) is 12.9. The summed E-state index contributed by atoms with van der Waals surface area (Å²) in [5, 5.41) is 11.1. The summed E-state index contributed by atoms with van der Waals surface area (Å²) in [4.78, 5) is 12.3. The quantitative estimate of drug-likeness (QED) is 0.623. The van der Waals surface area contributed by atoms with Gasteiger partial charge >= 0.3 is 0 Å². The van der Waals surface area contributed by atoms with Crippen LogP contribution in [0.4, 0.5) is 11.4 Å². The van der Waals surface area contributed by atoms with E-state index in [-0.39, 0.29) is 5.69 Å². The molecule has 0 bridgehead atoms. The van der Waals surface area contributed by atoms with Crippen LogP contribution in [-0.4, -0.2) is 38.3 Å². The lowest BCUT2D eigenvalue weighted by Gasteiger charge is -2.30. The van der Waals surface area contributed by atoms with Crippen LogP contribution in [-0.2, 0) is 4.74 Å². The van der Waals surface area contributed by atoms with Crippen LogP contribution in [0.5, 0.6) is 5.75 Å². The van der Waals surface area contributed by atoms with E-state index in [2.05, 4.69) is 0 Å². The van der Waals surface area contributed by atoms with E-state index in [0.29, 0.717) is 42.8 Å². The van der Waals surface area contributed by atoms with E-state index in [1.165, 1.54) is 19.2 Å². The summed E-state index contributed by atoms with van der Waals surface area (Å²) in [7, 11) is 1.47. The Labute approximate surface area is 109 Å². The molecule has 0 aliphatic carbocycles. The lowest BCUT2D eigenvalue weighted by atomic mass is 10.2. The zero-order valence-corrected chi connectivity index (χ0v) is 10.6. The van der Waals surface area contributed by atoms with Crippen molar-refractivity contribution in [2.45, 2.75) is 0 Å². The van der Waals surface area contributed by atoms with E-state index in [1.807, 2.05) is 4.90 Å². The number of non-ortho nitro benzene ring substituents is 1. The maximum atomic E-state index is 10.8. The number of anilines is 1. The minimum absolute atomic E-state index is 0.0751. The molecule has 0 unspecified atom stereocenters. The average Bonchev–Trinajstić information content (AvgIpc) is 2.38. The number of rotatable bonds is 3. The van der Waals surface area contributed by atoms with Crippen molar-refractivity contribution in [1.82, 2.24) is 0 Å². The SMILES string of the molecule is COc1cc([N+](=O)[O-])cc(Cl)c1N1CCOCC1. The maximum Gasteiger partial charge on any atom is 0.274 e. The van der Waals surface area contributed by atoms with Crippen LogP contribution in [0.2, 0.25) is 5.02 Å². The molecule has 7 heteroatoms. The summed E-state index contributed by atoms with van der Waals surface area (Å²) in [6, 6.07) is 2.73. The monoisotopic (exact) mass is 272 g/mol. The first-order chi connectivity index (χ1) is 8.63. The molecule has 0 N–H and O–H groups in total. The van der Waals surface area contributed by atoms with Crippen LogP contribution in [0.15, 0.2) is 12.1 Å². The second kappa shape index (κ2) is 5.41. The van der Waals surface area contributed by atoms with E-state index >= 15 is 0 Å². The molecule has 1 saturated heterocycles. The van der Waals surface area contributed by atoms with Crippen molar-refractivity contribution >= 4 is 23.0 Å². The molecule has 6 nitrogen and oxygen atoms in total. The van der Waals surface area contributed by atoms with E-state index in [1.54, 1.807) is 0 Å². The Morgan fingerprint density at radius 3 is 2.67 bits per heavy atom. The summed E-state index contributed by atoms with van der Waals surface area (Å²) >= 11 is 6.12. The maximum absolute atomic E-state index is 10.8. The molecule has 0 radical (unpaired) electrons. The number of nitro benzene ring substituents is 1. The highest BCUT2D eigenvalue weighted by molar-refractivity contribution is 6.34. The number of ether oxygens (including phenoxy) is 2. The number of methoxy groups -OCH3 is 1. The average molecular weight is 273 g/mol. The zero-order chi connectivity index (χ0) is 13.1. The highest BCUT2D eigenvalue weighted by atomic mass is 35.5. The van der Waals surface area contributed by atoms with Crippen LogP contribution in [0.1, 0.15) is 0 Å². The third-order valence-corrected chi connectivity index (χ3v) is 3.06. The van der Waals surface area contributed by atoms with E-state index < -0.39 is 4.92 Å². The standard InChI is InChI=1S/C11H13ClN2O4/c1-17-10-7-8(14(15)16)6-9(12)11(10)13-2-4-18-5-3-13/h6-7H,2-5H2,1H3. The molecular weight excluding hydrogens is 260 g/mol. The summed E-state index contributed by atoms with van der Waals surface area (Å²) in [5.41, 5.74) is 0.613. The third kappa shape index (κ3) is 2.49. The second-order valence-electron chi connectivity index (χ2n) is 3.83. The molecule has 0 saturated carbocycles. The van der Waals surface area contributed by atoms with Gasteiger partial charge in [0.15, 0.2) is 5.75 Å². The molecule has 0 spiro atoms. The minimum Gasteiger partial charge on any atom is -0.494 e. The highest BCUT2D eigenvalue weighted by Gasteiger charge is 2.22. The van der Waals surface area contributed by atoms with Crippen LogP contribution in [0.25, 0.3) is 0 Å². The van der Waals surface area contributed by atoms with Crippen LogP contribution in [0, 0.1) is 10.1 Å². The zero-order valence-electron chi connectivity index (χ0n) is 9.89. The molecule has 0 amide bonds. The smallest absolute Gasteiger partial charge is 0.274 e. The van der Waals surface area contributed by atoms with Gasteiger partial charge in [-0.05, 0) is 0 Å². The van der Waals surface area contributed by atoms with Crippen LogP contribution in [0.3, 0.4) is 0 Å². The number of nitrogens with zero attached hydrogens (tertiary/aromatic N) is 2. The molecule has 2 rings (SSSR count). The van der Waals surface area contributed by atoms with Gasteiger partial charge in [-0.15, -0.1) is 0 Å². The Morgan fingerprint density at radius 2 is 2.11 bits per heavy atom. The van der Waals surface area contributed by atoms with Gasteiger partial charge in [-0.1, -0.05) is 11.6 Å². The van der Waals surface area contributed by atoms with Crippen LogP contribution >= 0.6 is 11.6 Å². The summed E-state index contributed by atoms with van der Waals surface area (Å²) in [5.74, 6) is 0.413. The molecule has 0 aromatic heterocycles. The predicted octanol–water partition coefficient (Wildman–Crippen LogP) is 2.09. The van der Waals surface area contributed by atoms with E-state index in [9.17, 15) is 10.1 Å². The van der Waals surface area contributed by atoms with Gasteiger partial charge in [-0.25, -0.2) is 0 Å². The van der Waals surface area contributed by atoms with Gasteiger partial charge in [0.1, 0.15) is 0 Å². The van der Waals surface area contributed by atoms with Crippen molar-refractivity contribution < 1.29 is 14.4 Å². The molecule has 0 atom stereocenters. The predicted molar refractivity (Wildman–Crippen MR) is 67.7 cm³/mol. The molecular formula is C11H13ClN2O4. The molecule has 1 aliphatic heterocycles.